The lowest BCUT2D eigenvalue weighted by atomic mass is 9.78. The summed E-state index contributed by atoms with van der Waals surface area (Å²) < 4.78 is 17.8. The van der Waals surface area contributed by atoms with Crippen LogP contribution >= 0.6 is 0 Å². The molecule has 21 heavy (non-hydrogen) atoms. The van der Waals surface area contributed by atoms with Gasteiger partial charge in [-0.1, -0.05) is 30.3 Å². The minimum Gasteiger partial charge on any atom is -0.496 e. The van der Waals surface area contributed by atoms with Gasteiger partial charge >= 0.3 is 7.12 Å². The van der Waals surface area contributed by atoms with Crippen molar-refractivity contribution >= 4 is 23.4 Å². The van der Waals surface area contributed by atoms with Gasteiger partial charge in [0.2, 0.25) is 0 Å². The van der Waals surface area contributed by atoms with E-state index in [0.29, 0.717) is 0 Å². The Morgan fingerprint density at radius 2 is 1.57 bits per heavy atom. The van der Waals surface area contributed by atoms with Crippen LogP contribution in [0.15, 0.2) is 36.4 Å². The van der Waals surface area contributed by atoms with E-state index >= 15 is 0 Å². The molecule has 110 valence electrons. The molecule has 1 aliphatic heterocycles. The molecule has 0 bridgehead atoms. The van der Waals surface area contributed by atoms with Crippen molar-refractivity contribution in [1.82, 2.24) is 0 Å². The average Bonchev–Trinajstić information content (AvgIpc) is 2.66. The first-order chi connectivity index (χ1) is 9.84. The summed E-state index contributed by atoms with van der Waals surface area (Å²) in [5, 5.41) is 2.22. The highest BCUT2D eigenvalue weighted by Crippen LogP contribution is 2.37. The fourth-order valence-corrected chi connectivity index (χ4v) is 2.58. The van der Waals surface area contributed by atoms with Gasteiger partial charge in [-0.2, -0.15) is 0 Å². The van der Waals surface area contributed by atoms with Gasteiger partial charge in [-0.3, -0.25) is 0 Å². The van der Waals surface area contributed by atoms with Crippen molar-refractivity contribution < 1.29 is 14.0 Å². The predicted octanol–water partition coefficient (Wildman–Crippen LogP) is 3.15. The zero-order valence-electron chi connectivity index (χ0n) is 13.3. The first-order valence-corrected chi connectivity index (χ1v) is 7.26. The van der Waals surface area contributed by atoms with E-state index in [2.05, 4.69) is 45.9 Å². The van der Waals surface area contributed by atoms with Crippen LogP contribution in [0.5, 0.6) is 5.75 Å². The van der Waals surface area contributed by atoms with Crippen molar-refractivity contribution in [3.05, 3.63) is 36.4 Å². The molecular weight excluding hydrogens is 263 g/mol. The molecule has 0 saturated carbocycles. The third-order valence-corrected chi connectivity index (χ3v) is 4.59. The number of ether oxygens (including phenoxy) is 1. The van der Waals surface area contributed by atoms with E-state index in [0.717, 1.165) is 22.0 Å². The smallest absolute Gasteiger partial charge is 0.494 e. The quantitative estimate of drug-likeness (QED) is 0.793. The molecule has 0 atom stereocenters. The molecule has 1 saturated heterocycles. The summed E-state index contributed by atoms with van der Waals surface area (Å²) in [7, 11) is 1.32. The fourth-order valence-electron chi connectivity index (χ4n) is 2.58. The minimum atomic E-state index is -0.367. The van der Waals surface area contributed by atoms with Crippen LogP contribution in [-0.4, -0.2) is 25.4 Å². The van der Waals surface area contributed by atoms with E-state index in [1.807, 2.05) is 18.2 Å². The Bertz CT molecular complexity index is 663. The van der Waals surface area contributed by atoms with Crippen LogP contribution in [0.2, 0.25) is 0 Å². The van der Waals surface area contributed by atoms with E-state index in [4.69, 9.17) is 14.0 Å². The maximum atomic E-state index is 6.12. The Balaban J connectivity index is 2.06. The van der Waals surface area contributed by atoms with Crippen LogP contribution in [-0.2, 0) is 9.31 Å². The van der Waals surface area contributed by atoms with Gasteiger partial charge in [0.15, 0.2) is 0 Å². The van der Waals surface area contributed by atoms with Gasteiger partial charge in [0, 0.05) is 5.39 Å². The molecule has 0 radical (unpaired) electrons. The lowest BCUT2D eigenvalue weighted by molar-refractivity contribution is 0.00578. The van der Waals surface area contributed by atoms with Gasteiger partial charge in [0.05, 0.1) is 18.3 Å². The lowest BCUT2D eigenvalue weighted by Crippen LogP contribution is -2.41. The first kappa shape index (κ1) is 14.4. The normalized spacial score (nSPS) is 20.0. The topological polar surface area (TPSA) is 27.7 Å². The van der Waals surface area contributed by atoms with Gasteiger partial charge in [0.1, 0.15) is 5.75 Å². The SMILES string of the molecule is COc1cc(B2OC(C)(C)C(C)(C)O2)cc2ccccc12. The number of methoxy groups -OCH3 is 1. The Hall–Kier alpha value is -1.52. The number of fused-ring (bicyclic) bond motifs is 1. The predicted molar refractivity (Wildman–Crippen MR) is 86.2 cm³/mol. The van der Waals surface area contributed by atoms with Crippen molar-refractivity contribution in [3.63, 3.8) is 0 Å². The Morgan fingerprint density at radius 1 is 0.952 bits per heavy atom. The van der Waals surface area contributed by atoms with Gasteiger partial charge in [-0.05, 0) is 44.6 Å². The zero-order valence-corrected chi connectivity index (χ0v) is 13.3. The highest BCUT2D eigenvalue weighted by Gasteiger charge is 2.51. The summed E-state index contributed by atoms with van der Waals surface area (Å²) in [6.45, 7) is 8.24. The molecule has 1 heterocycles. The Labute approximate surface area is 126 Å². The molecule has 0 unspecified atom stereocenters. The van der Waals surface area contributed by atoms with Gasteiger partial charge in [-0.15, -0.1) is 0 Å². The highest BCUT2D eigenvalue weighted by molar-refractivity contribution is 6.62. The number of hydrogen-bond acceptors (Lipinski definition) is 3. The second kappa shape index (κ2) is 4.75. The molecular formula is C17H21BO3. The summed E-state index contributed by atoms with van der Waals surface area (Å²) in [5.74, 6) is 0.845. The van der Waals surface area contributed by atoms with E-state index in [9.17, 15) is 0 Å². The molecule has 2 aromatic carbocycles. The summed E-state index contributed by atoms with van der Waals surface area (Å²) in [6.07, 6.45) is 0. The number of hydrogen-bond donors (Lipinski definition) is 0. The second-order valence-corrected chi connectivity index (χ2v) is 6.53. The van der Waals surface area contributed by atoms with E-state index in [1.165, 1.54) is 0 Å². The molecule has 1 aliphatic rings. The standard InChI is InChI=1S/C17H21BO3/c1-16(2)17(3,4)21-18(20-16)13-10-12-8-6-7-9-14(12)15(11-13)19-5/h6-11H,1-5H3. The first-order valence-electron chi connectivity index (χ1n) is 7.26. The third kappa shape index (κ3) is 2.32. The van der Waals surface area contributed by atoms with Crippen LogP contribution in [0.25, 0.3) is 10.8 Å². The van der Waals surface area contributed by atoms with Crippen LogP contribution in [0.3, 0.4) is 0 Å². The van der Waals surface area contributed by atoms with E-state index < -0.39 is 0 Å². The van der Waals surface area contributed by atoms with Crippen LogP contribution in [0.1, 0.15) is 27.7 Å². The largest absolute Gasteiger partial charge is 0.496 e. The summed E-state index contributed by atoms with van der Waals surface area (Å²) in [6, 6.07) is 12.3. The number of rotatable bonds is 2. The third-order valence-electron chi connectivity index (χ3n) is 4.59. The van der Waals surface area contributed by atoms with Crippen molar-refractivity contribution in [1.29, 1.82) is 0 Å². The van der Waals surface area contributed by atoms with Gasteiger partial charge < -0.3 is 14.0 Å². The Morgan fingerprint density at radius 3 is 2.19 bits per heavy atom. The fraction of sp³-hybridized carbons (Fsp3) is 0.412. The van der Waals surface area contributed by atoms with Crippen molar-refractivity contribution in [2.45, 2.75) is 38.9 Å². The lowest BCUT2D eigenvalue weighted by Gasteiger charge is -2.32. The molecule has 2 aromatic rings. The Kier molecular flexibility index (Phi) is 3.26. The molecule has 4 heteroatoms. The zero-order chi connectivity index (χ0) is 15.3. The van der Waals surface area contributed by atoms with E-state index in [-0.39, 0.29) is 18.3 Å². The molecule has 0 spiro atoms. The highest BCUT2D eigenvalue weighted by atomic mass is 16.7. The van der Waals surface area contributed by atoms with E-state index in [1.54, 1.807) is 7.11 Å². The monoisotopic (exact) mass is 284 g/mol. The molecule has 0 N–H and O–H groups in total. The maximum absolute atomic E-state index is 6.12. The molecule has 0 aromatic heterocycles. The summed E-state index contributed by atoms with van der Waals surface area (Å²) in [4.78, 5) is 0. The molecule has 0 aliphatic carbocycles. The van der Waals surface area contributed by atoms with Crippen molar-refractivity contribution in [2.24, 2.45) is 0 Å². The average molecular weight is 284 g/mol. The molecule has 3 nitrogen and oxygen atoms in total. The molecule has 0 amide bonds. The van der Waals surface area contributed by atoms with Crippen molar-refractivity contribution in [2.75, 3.05) is 7.11 Å². The van der Waals surface area contributed by atoms with Gasteiger partial charge in [-0.25, -0.2) is 0 Å². The summed E-state index contributed by atoms with van der Waals surface area (Å²) >= 11 is 0. The molecule has 3 rings (SSSR count). The molecule has 1 fully saturated rings. The maximum Gasteiger partial charge on any atom is 0.494 e. The van der Waals surface area contributed by atoms with Crippen molar-refractivity contribution in [3.8, 4) is 5.75 Å². The van der Waals surface area contributed by atoms with Crippen LogP contribution < -0.4 is 10.2 Å². The van der Waals surface area contributed by atoms with Crippen LogP contribution in [0, 0.1) is 0 Å². The van der Waals surface area contributed by atoms with Gasteiger partial charge in [0.25, 0.3) is 0 Å². The minimum absolute atomic E-state index is 0.337. The van der Waals surface area contributed by atoms with Crippen LogP contribution in [0.4, 0.5) is 0 Å². The second-order valence-electron chi connectivity index (χ2n) is 6.53. The number of benzene rings is 2. The summed E-state index contributed by atoms with van der Waals surface area (Å²) in [5.41, 5.74) is 0.316.